The summed E-state index contributed by atoms with van der Waals surface area (Å²) in [6.07, 6.45) is 2.79. The van der Waals surface area contributed by atoms with E-state index in [9.17, 15) is 9.59 Å². The van der Waals surface area contributed by atoms with E-state index in [4.69, 9.17) is 23.2 Å². The molecule has 0 bridgehead atoms. The average Bonchev–Trinajstić information content (AvgIpc) is 3.05. The molecule has 0 N–H and O–H groups in total. The lowest BCUT2D eigenvalue weighted by atomic mass is 9.76. The number of rotatable bonds is 4. The highest BCUT2D eigenvalue weighted by Gasteiger charge is 2.42. The van der Waals surface area contributed by atoms with Crippen LogP contribution < -0.4 is 0 Å². The van der Waals surface area contributed by atoms with Gasteiger partial charge in [-0.2, -0.15) is 0 Å². The van der Waals surface area contributed by atoms with Crippen LogP contribution in [0.1, 0.15) is 72.9 Å². The van der Waals surface area contributed by atoms with Gasteiger partial charge < -0.3 is 9.80 Å². The molecule has 6 rings (SSSR count). The van der Waals surface area contributed by atoms with Crippen molar-refractivity contribution in [2.45, 2.75) is 50.6 Å². The van der Waals surface area contributed by atoms with Crippen LogP contribution in [-0.4, -0.2) is 34.7 Å². The molecule has 2 atom stereocenters. The van der Waals surface area contributed by atoms with E-state index in [2.05, 4.69) is 97.0 Å². The largest absolute Gasteiger partial charge is 0.329 e. The second kappa shape index (κ2) is 14.4. The second-order valence-corrected chi connectivity index (χ2v) is 15.8. The Labute approximate surface area is 310 Å². The Kier molecular flexibility index (Phi) is 10.8. The van der Waals surface area contributed by atoms with Crippen LogP contribution in [0.4, 0.5) is 0 Å². The van der Waals surface area contributed by atoms with Crippen molar-refractivity contribution in [3.8, 4) is 0 Å². The average molecular weight is 809 g/mol. The van der Waals surface area contributed by atoms with Crippen molar-refractivity contribution < 1.29 is 9.59 Å². The van der Waals surface area contributed by atoms with E-state index >= 15 is 0 Å². The van der Waals surface area contributed by atoms with Crippen LogP contribution in [0.15, 0.2) is 119 Å². The Bertz CT molecular complexity index is 1730. The van der Waals surface area contributed by atoms with Gasteiger partial charge in [0.25, 0.3) is 0 Å². The molecule has 4 aromatic carbocycles. The SMILES string of the molecule is C=CC(=O)N1C[C@@H](c2ccc(Cl)cc2)c2cc(Br)ccc2C1(C)C.C=CC(=O)N1C[C@H](c2ccc(Cl)cc2)c2cc(Br)ccc2C1(C)C. The molecule has 248 valence electrons. The lowest BCUT2D eigenvalue weighted by Crippen LogP contribution is -2.50. The van der Waals surface area contributed by atoms with Gasteiger partial charge in [0.1, 0.15) is 0 Å². The summed E-state index contributed by atoms with van der Waals surface area (Å²) in [5, 5.41) is 1.42. The Morgan fingerprint density at radius 1 is 0.646 bits per heavy atom. The normalized spacial score (nSPS) is 18.8. The fourth-order valence-corrected chi connectivity index (χ4v) is 7.99. The van der Waals surface area contributed by atoms with Crippen LogP contribution in [0.25, 0.3) is 0 Å². The number of fused-ring (bicyclic) bond motifs is 2. The van der Waals surface area contributed by atoms with Crippen molar-refractivity contribution in [2.24, 2.45) is 0 Å². The Morgan fingerprint density at radius 2 is 0.979 bits per heavy atom. The second-order valence-electron chi connectivity index (χ2n) is 13.1. The van der Waals surface area contributed by atoms with E-state index in [0.717, 1.165) is 31.2 Å². The number of halogens is 4. The molecular weight excluding hydrogens is 771 g/mol. The third-order valence-corrected chi connectivity index (χ3v) is 11.1. The number of carbonyl (C=O) groups excluding carboxylic acids is 2. The van der Waals surface area contributed by atoms with E-state index < -0.39 is 0 Å². The van der Waals surface area contributed by atoms with Crippen LogP contribution in [0.3, 0.4) is 0 Å². The zero-order chi connectivity index (χ0) is 35.0. The molecule has 8 heteroatoms. The van der Waals surface area contributed by atoms with Gasteiger partial charge in [-0.1, -0.05) is 105 Å². The zero-order valence-electron chi connectivity index (χ0n) is 27.4. The molecule has 4 nitrogen and oxygen atoms in total. The van der Waals surface area contributed by atoms with Crippen molar-refractivity contribution in [1.82, 2.24) is 9.80 Å². The molecule has 2 heterocycles. The summed E-state index contributed by atoms with van der Waals surface area (Å²) in [7, 11) is 0. The van der Waals surface area contributed by atoms with Gasteiger partial charge in [0.05, 0.1) is 11.1 Å². The molecule has 0 aliphatic carbocycles. The third-order valence-electron chi connectivity index (χ3n) is 9.60. The van der Waals surface area contributed by atoms with Crippen LogP contribution in [0.2, 0.25) is 10.0 Å². The molecule has 2 amide bonds. The number of carbonyl (C=O) groups is 2. The van der Waals surface area contributed by atoms with Crippen molar-refractivity contribution in [3.05, 3.63) is 163 Å². The summed E-state index contributed by atoms with van der Waals surface area (Å²) in [5.74, 6) is 0.110. The molecule has 0 fully saturated rings. The number of nitrogens with zero attached hydrogens (tertiary/aromatic N) is 2. The highest BCUT2D eigenvalue weighted by molar-refractivity contribution is 9.10. The third kappa shape index (κ3) is 7.09. The summed E-state index contributed by atoms with van der Waals surface area (Å²) in [6.45, 7) is 16.9. The van der Waals surface area contributed by atoms with Gasteiger partial charge in [-0.25, -0.2) is 0 Å². The maximum atomic E-state index is 12.5. The molecule has 0 aromatic heterocycles. The van der Waals surface area contributed by atoms with Gasteiger partial charge in [0.2, 0.25) is 11.8 Å². The number of amides is 2. The van der Waals surface area contributed by atoms with Crippen molar-refractivity contribution in [1.29, 1.82) is 0 Å². The van der Waals surface area contributed by atoms with Crippen molar-refractivity contribution in [3.63, 3.8) is 0 Å². The summed E-state index contributed by atoms with van der Waals surface area (Å²) in [6, 6.07) is 28.3. The molecule has 48 heavy (non-hydrogen) atoms. The minimum Gasteiger partial charge on any atom is -0.329 e. The maximum absolute atomic E-state index is 12.5. The Balaban J connectivity index is 0.000000188. The summed E-state index contributed by atoms with van der Waals surface area (Å²) >= 11 is 19.2. The molecule has 0 spiro atoms. The monoisotopic (exact) mass is 806 g/mol. The molecular formula is C40H38Br2Cl2N2O2. The zero-order valence-corrected chi connectivity index (χ0v) is 32.1. The van der Waals surface area contributed by atoms with Gasteiger partial charge in [-0.3, -0.25) is 9.59 Å². The van der Waals surface area contributed by atoms with Gasteiger partial charge in [0.15, 0.2) is 0 Å². The molecule has 0 saturated carbocycles. The van der Waals surface area contributed by atoms with Crippen molar-refractivity contribution >= 4 is 66.9 Å². The van der Waals surface area contributed by atoms with Crippen LogP contribution in [0.5, 0.6) is 0 Å². The minimum atomic E-state index is -0.385. The van der Waals surface area contributed by atoms with E-state index in [1.165, 1.54) is 23.3 Å². The van der Waals surface area contributed by atoms with E-state index in [1.807, 2.05) is 70.5 Å². The number of benzene rings is 4. The fourth-order valence-electron chi connectivity index (χ4n) is 6.98. The first kappa shape index (κ1) is 36.1. The Morgan fingerprint density at radius 3 is 1.29 bits per heavy atom. The molecule has 2 aliphatic rings. The highest BCUT2D eigenvalue weighted by Crippen LogP contribution is 2.45. The molecule has 2 aliphatic heterocycles. The van der Waals surface area contributed by atoms with Gasteiger partial charge in [-0.05, 0) is 122 Å². The Hall–Kier alpha value is -3.16. The summed E-state index contributed by atoms with van der Waals surface area (Å²) < 4.78 is 2.08. The molecule has 4 aromatic rings. The highest BCUT2D eigenvalue weighted by atomic mass is 79.9. The lowest BCUT2D eigenvalue weighted by Gasteiger charge is -2.47. The minimum absolute atomic E-state index is 0.0486. The van der Waals surface area contributed by atoms with E-state index in [0.29, 0.717) is 23.1 Å². The van der Waals surface area contributed by atoms with Gasteiger partial charge in [-0.15, -0.1) is 0 Å². The fraction of sp³-hybridized carbons (Fsp3) is 0.250. The smallest absolute Gasteiger partial charge is 0.246 e. The topological polar surface area (TPSA) is 40.6 Å². The van der Waals surface area contributed by atoms with Crippen LogP contribution >= 0.6 is 55.1 Å². The first-order valence-electron chi connectivity index (χ1n) is 15.7. The summed E-state index contributed by atoms with van der Waals surface area (Å²) in [5.41, 5.74) is 6.33. The van der Waals surface area contributed by atoms with Gasteiger partial charge in [0, 0.05) is 43.9 Å². The number of hydrogen-bond donors (Lipinski definition) is 0. The maximum Gasteiger partial charge on any atom is 0.246 e. The summed E-state index contributed by atoms with van der Waals surface area (Å²) in [4.78, 5) is 28.7. The quantitative estimate of drug-likeness (QED) is 0.193. The molecule has 0 saturated heterocycles. The predicted octanol–water partition coefficient (Wildman–Crippen LogP) is 11.0. The van der Waals surface area contributed by atoms with Crippen LogP contribution in [0, 0.1) is 0 Å². The first-order chi connectivity index (χ1) is 22.7. The van der Waals surface area contributed by atoms with Gasteiger partial charge >= 0.3 is 0 Å². The lowest BCUT2D eigenvalue weighted by molar-refractivity contribution is -0.133. The van der Waals surface area contributed by atoms with Crippen LogP contribution in [-0.2, 0) is 20.7 Å². The van der Waals surface area contributed by atoms with Crippen molar-refractivity contribution in [2.75, 3.05) is 13.1 Å². The van der Waals surface area contributed by atoms with E-state index in [-0.39, 0.29) is 34.7 Å². The number of hydrogen-bond acceptors (Lipinski definition) is 2. The first-order valence-corrected chi connectivity index (χ1v) is 18.0. The standard InChI is InChI=1S/2C20H19BrClNO/c2*1-4-19(24)23-12-17(13-5-8-15(22)9-6-13)16-11-14(21)7-10-18(16)20(23,2)3/h2*4-11,17H,1,12H2,2-3H3/t2*17-/m10/s1. The van der Waals surface area contributed by atoms with E-state index in [1.54, 1.807) is 0 Å². The predicted molar refractivity (Wildman–Crippen MR) is 205 cm³/mol. The molecule has 0 unspecified atom stereocenters. The molecule has 0 radical (unpaired) electrons.